The number of halogens is 1. The summed E-state index contributed by atoms with van der Waals surface area (Å²) in [5, 5.41) is 3.19. The van der Waals surface area contributed by atoms with Crippen LogP contribution in [0.3, 0.4) is 0 Å². The Hall–Kier alpha value is -1.73. The van der Waals surface area contributed by atoms with Crippen LogP contribution in [0.15, 0.2) is 22.7 Å². The first kappa shape index (κ1) is 18.6. The summed E-state index contributed by atoms with van der Waals surface area (Å²) in [7, 11) is 0. The Morgan fingerprint density at radius 1 is 1.33 bits per heavy atom. The van der Waals surface area contributed by atoms with E-state index >= 15 is 0 Å². The van der Waals surface area contributed by atoms with Gasteiger partial charge in [0.25, 0.3) is 0 Å². The third-order valence-electron chi connectivity index (χ3n) is 3.26. The number of hydrogen-bond donors (Lipinski definition) is 1. The van der Waals surface area contributed by atoms with Crippen LogP contribution in [0.1, 0.15) is 40.7 Å². The minimum absolute atomic E-state index is 0.0393. The molecule has 1 aromatic carbocycles. The van der Waals surface area contributed by atoms with E-state index in [1.165, 1.54) is 18.3 Å². The molecule has 0 spiro atoms. The summed E-state index contributed by atoms with van der Waals surface area (Å²) in [5.74, 6) is 0.593. The van der Waals surface area contributed by atoms with E-state index < -0.39 is 0 Å². The average molecular weight is 411 g/mol. The number of ether oxygens (including phenoxy) is 1. The molecule has 0 radical (unpaired) electrons. The van der Waals surface area contributed by atoms with Crippen molar-refractivity contribution in [2.45, 2.75) is 33.6 Å². The molecule has 0 fully saturated rings. The number of hydrogen-bond acceptors (Lipinski definition) is 5. The van der Waals surface area contributed by atoms with Crippen molar-refractivity contribution in [3.8, 4) is 5.75 Å². The van der Waals surface area contributed by atoms with Crippen molar-refractivity contribution in [1.29, 1.82) is 0 Å². The number of rotatable bonds is 7. The van der Waals surface area contributed by atoms with E-state index in [9.17, 15) is 9.59 Å². The lowest BCUT2D eigenvalue weighted by molar-refractivity contribution is -0.116. The van der Waals surface area contributed by atoms with Gasteiger partial charge in [-0.2, -0.15) is 0 Å². The fraction of sp³-hybridized carbons (Fsp3) is 0.353. The monoisotopic (exact) mass is 410 g/mol. The minimum atomic E-state index is -0.134. The molecule has 1 amide bonds. The minimum Gasteiger partial charge on any atom is -0.492 e. The van der Waals surface area contributed by atoms with Gasteiger partial charge in [0.15, 0.2) is 10.9 Å². The highest BCUT2D eigenvalue weighted by Gasteiger charge is 2.13. The molecule has 1 aromatic heterocycles. The second-order valence-electron chi connectivity index (χ2n) is 5.42. The number of carbonyl (C=O) groups is 2. The first-order valence-corrected chi connectivity index (χ1v) is 9.15. The number of thiazole rings is 1. The topological polar surface area (TPSA) is 68.3 Å². The van der Waals surface area contributed by atoms with E-state index in [2.05, 4.69) is 26.2 Å². The van der Waals surface area contributed by atoms with Crippen molar-refractivity contribution < 1.29 is 14.3 Å². The van der Waals surface area contributed by atoms with Crippen molar-refractivity contribution in [3.05, 3.63) is 38.8 Å². The molecule has 0 aliphatic heterocycles. The standard InChI is InChI=1S/C17H19BrN2O3S/c1-10-6-7-14(13(18)9-10)23-8-4-5-15(22)20-17-19-11(2)16(24-17)12(3)21/h6-7,9H,4-5,8H2,1-3H3,(H,19,20,22). The van der Waals surface area contributed by atoms with E-state index in [1.54, 1.807) is 6.92 Å². The van der Waals surface area contributed by atoms with Crippen molar-refractivity contribution in [2.75, 3.05) is 11.9 Å². The summed E-state index contributed by atoms with van der Waals surface area (Å²) in [6, 6.07) is 5.87. The maximum Gasteiger partial charge on any atom is 0.226 e. The predicted octanol–water partition coefficient (Wildman–Crippen LogP) is 4.52. The zero-order valence-electron chi connectivity index (χ0n) is 13.8. The van der Waals surface area contributed by atoms with Crippen LogP contribution in [0.4, 0.5) is 5.13 Å². The van der Waals surface area contributed by atoms with Gasteiger partial charge in [0.1, 0.15) is 5.75 Å². The number of nitrogens with zero attached hydrogens (tertiary/aromatic N) is 1. The Balaban J connectivity index is 1.77. The van der Waals surface area contributed by atoms with Crippen LogP contribution in [-0.4, -0.2) is 23.3 Å². The normalized spacial score (nSPS) is 10.5. The van der Waals surface area contributed by atoms with Gasteiger partial charge < -0.3 is 10.1 Å². The fourth-order valence-corrected chi connectivity index (χ4v) is 3.58. The molecule has 0 atom stereocenters. The molecule has 0 aliphatic carbocycles. The largest absolute Gasteiger partial charge is 0.492 e. The molecule has 0 bridgehead atoms. The molecule has 7 heteroatoms. The van der Waals surface area contributed by atoms with Gasteiger partial charge in [0.05, 0.1) is 21.7 Å². The molecule has 5 nitrogen and oxygen atoms in total. The predicted molar refractivity (Wildman–Crippen MR) is 99.1 cm³/mol. The van der Waals surface area contributed by atoms with E-state index in [1.807, 2.05) is 25.1 Å². The summed E-state index contributed by atoms with van der Waals surface area (Å²) in [6.07, 6.45) is 0.924. The summed E-state index contributed by atoms with van der Waals surface area (Å²) < 4.78 is 6.57. The van der Waals surface area contributed by atoms with E-state index in [0.717, 1.165) is 15.8 Å². The quantitative estimate of drug-likeness (QED) is 0.537. The summed E-state index contributed by atoms with van der Waals surface area (Å²) in [4.78, 5) is 28.1. The molecular weight excluding hydrogens is 392 g/mol. The summed E-state index contributed by atoms with van der Waals surface area (Å²) in [6.45, 7) is 5.71. The first-order chi connectivity index (χ1) is 11.4. The molecule has 128 valence electrons. The van der Waals surface area contributed by atoms with E-state index in [4.69, 9.17) is 4.74 Å². The molecule has 2 rings (SSSR count). The first-order valence-electron chi connectivity index (χ1n) is 7.54. The number of ketones is 1. The number of amides is 1. The van der Waals surface area contributed by atoms with Crippen LogP contribution in [0.5, 0.6) is 5.75 Å². The third-order valence-corrected chi connectivity index (χ3v) is 5.05. The molecule has 0 saturated heterocycles. The van der Waals surface area contributed by atoms with Crippen molar-refractivity contribution >= 4 is 44.1 Å². The number of carbonyl (C=O) groups excluding carboxylic acids is 2. The highest BCUT2D eigenvalue weighted by atomic mass is 79.9. The average Bonchev–Trinajstić information content (AvgIpc) is 2.86. The van der Waals surface area contributed by atoms with Crippen molar-refractivity contribution in [3.63, 3.8) is 0 Å². The zero-order valence-corrected chi connectivity index (χ0v) is 16.2. The van der Waals surface area contributed by atoms with Crippen LogP contribution >= 0.6 is 27.3 Å². The molecule has 0 aliphatic rings. The maximum atomic E-state index is 11.9. The van der Waals surface area contributed by atoms with E-state index in [-0.39, 0.29) is 11.7 Å². The number of nitrogens with one attached hydrogen (secondary N) is 1. The van der Waals surface area contributed by atoms with Crippen LogP contribution in [-0.2, 0) is 4.79 Å². The third kappa shape index (κ3) is 5.14. The van der Waals surface area contributed by atoms with Gasteiger partial charge >= 0.3 is 0 Å². The van der Waals surface area contributed by atoms with Gasteiger partial charge in [0.2, 0.25) is 5.91 Å². The second kappa shape index (κ2) is 8.39. The Morgan fingerprint density at radius 3 is 2.71 bits per heavy atom. The SMILES string of the molecule is CC(=O)c1sc(NC(=O)CCCOc2ccc(C)cc2Br)nc1C. The lowest BCUT2D eigenvalue weighted by atomic mass is 10.2. The number of aromatic nitrogens is 1. The van der Waals surface area contributed by atoms with Gasteiger partial charge in [-0.1, -0.05) is 17.4 Å². The Labute approximate surface area is 153 Å². The molecule has 1 heterocycles. The number of benzene rings is 1. The highest BCUT2D eigenvalue weighted by molar-refractivity contribution is 9.10. The van der Waals surface area contributed by atoms with Crippen LogP contribution < -0.4 is 10.1 Å². The molecular formula is C17H19BrN2O3S. The Kier molecular flexibility index (Phi) is 6.51. The Morgan fingerprint density at radius 2 is 2.08 bits per heavy atom. The van der Waals surface area contributed by atoms with Gasteiger partial charge in [-0.15, -0.1) is 0 Å². The summed E-state index contributed by atoms with van der Waals surface area (Å²) in [5.41, 5.74) is 1.80. The van der Waals surface area contributed by atoms with Crippen LogP contribution in [0.2, 0.25) is 0 Å². The summed E-state index contributed by atoms with van der Waals surface area (Å²) >= 11 is 4.66. The van der Waals surface area contributed by atoms with Crippen molar-refractivity contribution in [1.82, 2.24) is 4.98 Å². The smallest absolute Gasteiger partial charge is 0.226 e. The number of Topliss-reactive ketones (excluding diaryl/α,β-unsaturated/α-hetero) is 1. The molecule has 0 saturated carbocycles. The lowest BCUT2D eigenvalue weighted by Crippen LogP contribution is -2.12. The lowest BCUT2D eigenvalue weighted by Gasteiger charge is -2.08. The van der Waals surface area contributed by atoms with Gasteiger partial charge in [-0.25, -0.2) is 4.98 Å². The molecule has 24 heavy (non-hydrogen) atoms. The van der Waals surface area contributed by atoms with Gasteiger partial charge in [-0.3, -0.25) is 9.59 Å². The second-order valence-corrected chi connectivity index (χ2v) is 7.28. The fourth-order valence-electron chi connectivity index (χ4n) is 2.10. The maximum absolute atomic E-state index is 11.9. The van der Waals surface area contributed by atoms with E-state index in [0.29, 0.717) is 35.2 Å². The van der Waals surface area contributed by atoms with Gasteiger partial charge in [0, 0.05) is 13.3 Å². The van der Waals surface area contributed by atoms with Crippen LogP contribution in [0, 0.1) is 13.8 Å². The van der Waals surface area contributed by atoms with Crippen molar-refractivity contribution in [2.24, 2.45) is 0 Å². The highest BCUT2D eigenvalue weighted by Crippen LogP contribution is 2.26. The molecule has 1 N–H and O–H groups in total. The molecule has 0 unspecified atom stereocenters. The van der Waals surface area contributed by atoms with Gasteiger partial charge in [-0.05, 0) is 53.9 Å². The Bertz CT molecular complexity index is 758. The molecule has 2 aromatic rings. The number of anilines is 1. The number of aryl methyl sites for hydroxylation is 2. The van der Waals surface area contributed by atoms with Crippen LogP contribution in [0.25, 0.3) is 0 Å². The zero-order chi connectivity index (χ0) is 17.7.